The lowest BCUT2D eigenvalue weighted by Crippen LogP contribution is -2.37. The molecule has 0 spiro atoms. The number of carbonyl (C=O) groups is 1. The van der Waals surface area contributed by atoms with Crippen molar-refractivity contribution in [3.8, 4) is 11.5 Å². The Morgan fingerprint density at radius 1 is 1.00 bits per heavy atom. The Balaban J connectivity index is 1.63. The van der Waals surface area contributed by atoms with Crippen LogP contribution < -0.4 is 20.1 Å². The molecule has 0 bridgehead atoms. The summed E-state index contributed by atoms with van der Waals surface area (Å²) in [6.45, 7) is 3.74. The van der Waals surface area contributed by atoms with E-state index in [1.807, 2.05) is 49.4 Å². The monoisotopic (exact) mass is 348 g/mol. The molecule has 0 aliphatic carbocycles. The van der Waals surface area contributed by atoms with E-state index in [1.165, 1.54) is 0 Å². The van der Waals surface area contributed by atoms with E-state index < -0.39 is 0 Å². The standard InChI is InChI=1S/C18H21ClN2O3/c1-2-23-15-7-9-16(10-8-15)24-12-11-20-18(22)21-13-14-5-3-4-6-17(14)19/h3-10H,2,11-13H2,1H3,(H2,20,21,22). The SMILES string of the molecule is CCOc1ccc(OCCNC(=O)NCc2ccccc2Cl)cc1. The third-order valence-electron chi connectivity index (χ3n) is 3.19. The molecule has 0 aromatic heterocycles. The number of nitrogens with one attached hydrogen (secondary N) is 2. The van der Waals surface area contributed by atoms with Crippen molar-refractivity contribution in [3.05, 3.63) is 59.1 Å². The Morgan fingerprint density at radius 2 is 1.67 bits per heavy atom. The van der Waals surface area contributed by atoms with Crippen LogP contribution in [0.15, 0.2) is 48.5 Å². The number of carbonyl (C=O) groups excluding carboxylic acids is 1. The molecule has 0 radical (unpaired) electrons. The van der Waals surface area contributed by atoms with Crippen LogP contribution in [0.5, 0.6) is 11.5 Å². The number of rotatable bonds is 8. The van der Waals surface area contributed by atoms with Crippen molar-refractivity contribution in [3.63, 3.8) is 0 Å². The Labute approximate surface area is 146 Å². The summed E-state index contributed by atoms with van der Waals surface area (Å²) in [7, 11) is 0. The van der Waals surface area contributed by atoms with E-state index in [0.717, 1.165) is 17.1 Å². The lowest BCUT2D eigenvalue weighted by molar-refractivity contribution is 0.236. The van der Waals surface area contributed by atoms with Gasteiger partial charge in [-0.05, 0) is 42.8 Å². The Kier molecular flexibility index (Phi) is 7.23. The number of ether oxygens (including phenoxy) is 2. The quantitative estimate of drug-likeness (QED) is 0.716. The number of urea groups is 1. The first-order valence-electron chi connectivity index (χ1n) is 7.80. The molecule has 0 saturated heterocycles. The highest BCUT2D eigenvalue weighted by molar-refractivity contribution is 6.31. The number of hydrogen-bond donors (Lipinski definition) is 2. The molecule has 2 amide bonds. The third-order valence-corrected chi connectivity index (χ3v) is 3.56. The first kappa shape index (κ1) is 17.9. The summed E-state index contributed by atoms with van der Waals surface area (Å²) < 4.78 is 10.9. The fourth-order valence-electron chi connectivity index (χ4n) is 2.01. The maximum atomic E-state index is 11.7. The van der Waals surface area contributed by atoms with Gasteiger partial charge < -0.3 is 20.1 Å². The summed E-state index contributed by atoms with van der Waals surface area (Å²) in [6, 6.07) is 14.5. The van der Waals surface area contributed by atoms with E-state index in [9.17, 15) is 4.79 Å². The van der Waals surface area contributed by atoms with Crippen molar-refractivity contribution in [2.75, 3.05) is 19.8 Å². The molecule has 5 nitrogen and oxygen atoms in total. The summed E-state index contributed by atoms with van der Waals surface area (Å²) in [5.41, 5.74) is 0.875. The largest absolute Gasteiger partial charge is 0.494 e. The highest BCUT2D eigenvalue weighted by atomic mass is 35.5. The molecular weight excluding hydrogens is 328 g/mol. The van der Waals surface area contributed by atoms with Gasteiger partial charge in [0.1, 0.15) is 18.1 Å². The average molecular weight is 349 g/mol. The van der Waals surface area contributed by atoms with Crippen molar-refractivity contribution in [2.45, 2.75) is 13.5 Å². The minimum absolute atomic E-state index is 0.259. The molecule has 0 aliphatic rings. The zero-order valence-electron chi connectivity index (χ0n) is 13.5. The molecule has 24 heavy (non-hydrogen) atoms. The van der Waals surface area contributed by atoms with Gasteiger partial charge in [0.25, 0.3) is 0 Å². The normalized spacial score (nSPS) is 10.1. The Morgan fingerprint density at radius 3 is 2.33 bits per heavy atom. The second-order valence-corrected chi connectivity index (χ2v) is 5.36. The zero-order valence-corrected chi connectivity index (χ0v) is 14.3. The van der Waals surface area contributed by atoms with Crippen LogP contribution in [-0.2, 0) is 6.54 Å². The molecular formula is C18H21ClN2O3. The summed E-state index contributed by atoms with van der Waals surface area (Å²) in [4.78, 5) is 11.7. The van der Waals surface area contributed by atoms with E-state index in [-0.39, 0.29) is 6.03 Å². The fourth-order valence-corrected chi connectivity index (χ4v) is 2.21. The van der Waals surface area contributed by atoms with Gasteiger partial charge in [-0.1, -0.05) is 29.8 Å². The highest BCUT2D eigenvalue weighted by Crippen LogP contribution is 2.17. The van der Waals surface area contributed by atoms with E-state index in [1.54, 1.807) is 6.07 Å². The average Bonchev–Trinajstić information content (AvgIpc) is 2.60. The van der Waals surface area contributed by atoms with E-state index in [2.05, 4.69) is 10.6 Å². The van der Waals surface area contributed by atoms with Gasteiger partial charge in [0, 0.05) is 11.6 Å². The number of benzene rings is 2. The van der Waals surface area contributed by atoms with Crippen LogP contribution in [0.4, 0.5) is 4.79 Å². The molecule has 0 saturated carbocycles. The van der Waals surface area contributed by atoms with Crippen LogP contribution in [0, 0.1) is 0 Å². The molecule has 0 unspecified atom stereocenters. The molecule has 0 atom stereocenters. The third kappa shape index (κ3) is 6.01. The van der Waals surface area contributed by atoms with Crippen molar-refractivity contribution in [1.29, 1.82) is 0 Å². The van der Waals surface area contributed by atoms with Gasteiger partial charge in [-0.3, -0.25) is 0 Å². The van der Waals surface area contributed by atoms with Crippen molar-refractivity contribution in [1.82, 2.24) is 10.6 Å². The number of hydrogen-bond acceptors (Lipinski definition) is 3. The molecule has 0 heterocycles. The van der Waals surface area contributed by atoms with Gasteiger partial charge in [0.05, 0.1) is 13.2 Å². The highest BCUT2D eigenvalue weighted by Gasteiger charge is 2.03. The van der Waals surface area contributed by atoms with Gasteiger partial charge in [-0.15, -0.1) is 0 Å². The molecule has 2 aromatic carbocycles. The minimum atomic E-state index is -0.259. The number of amides is 2. The predicted molar refractivity (Wildman–Crippen MR) is 94.8 cm³/mol. The first-order chi connectivity index (χ1) is 11.7. The van der Waals surface area contributed by atoms with Crippen LogP contribution in [0.2, 0.25) is 5.02 Å². The smallest absolute Gasteiger partial charge is 0.315 e. The number of halogens is 1. The minimum Gasteiger partial charge on any atom is -0.494 e. The summed E-state index contributed by atoms with van der Waals surface area (Å²) >= 11 is 6.03. The topological polar surface area (TPSA) is 59.6 Å². The summed E-state index contributed by atoms with van der Waals surface area (Å²) in [5.74, 6) is 1.54. The van der Waals surface area contributed by atoms with Crippen LogP contribution in [-0.4, -0.2) is 25.8 Å². The molecule has 2 rings (SSSR count). The van der Waals surface area contributed by atoms with Crippen molar-refractivity contribution >= 4 is 17.6 Å². The maximum Gasteiger partial charge on any atom is 0.315 e. The second-order valence-electron chi connectivity index (χ2n) is 4.95. The van der Waals surface area contributed by atoms with Crippen molar-refractivity contribution < 1.29 is 14.3 Å². The molecule has 128 valence electrons. The van der Waals surface area contributed by atoms with Gasteiger partial charge in [-0.25, -0.2) is 4.79 Å². The van der Waals surface area contributed by atoms with Crippen LogP contribution in [0.3, 0.4) is 0 Å². The molecule has 0 fully saturated rings. The lowest BCUT2D eigenvalue weighted by atomic mass is 10.2. The first-order valence-corrected chi connectivity index (χ1v) is 8.17. The predicted octanol–water partition coefficient (Wildman–Crippen LogP) is 3.62. The molecule has 2 aromatic rings. The van der Waals surface area contributed by atoms with Gasteiger partial charge >= 0.3 is 6.03 Å². The van der Waals surface area contributed by atoms with Crippen LogP contribution in [0.25, 0.3) is 0 Å². The van der Waals surface area contributed by atoms with E-state index in [0.29, 0.717) is 31.3 Å². The fraction of sp³-hybridized carbons (Fsp3) is 0.278. The van der Waals surface area contributed by atoms with Gasteiger partial charge in [0.2, 0.25) is 0 Å². The zero-order chi connectivity index (χ0) is 17.2. The summed E-state index contributed by atoms with van der Waals surface area (Å²) in [6.07, 6.45) is 0. The Bertz CT molecular complexity index is 647. The second kappa shape index (κ2) is 9.67. The molecule has 6 heteroatoms. The van der Waals surface area contributed by atoms with E-state index >= 15 is 0 Å². The molecule has 0 aliphatic heterocycles. The Hall–Kier alpha value is -2.40. The van der Waals surface area contributed by atoms with Crippen LogP contribution >= 0.6 is 11.6 Å². The van der Waals surface area contributed by atoms with Gasteiger partial charge in [-0.2, -0.15) is 0 Å². The van der Waals surface area contributed by atoms with Crippen LogP contribution in [0.1, 0.15) is 12.5 Å². The maximum absolute atomic E-state index is 11.7. The van der Waals surface area contributed by atoms with E-state index in [4.69, 9.17) is 21.1 Å². The molecule has 2 N–H and O–H groups in total. The van der Waals surface area contributed by atoms with Gasteiger partial charge in [0.15, 0.2) is 0 Å². The van der Waals surface area contributed by atoms with Crippen molar-refractivity contribution in [2.24, 2.45) is 0 Å². The summed E-state index contributed by atoms with van der Waals surface area (Å²) in [5, 5.41) is 6.12. The lowest BCUT2D eigenvalue weighted by Gasteiger charge is -2.10.